The van der Waals surface area contributed by atoms with Crippen molar-refractivity contribution in [1.82, 2.24) is 0 Å². The Morgan fingerprint density at radius 2 is 1.50 bits per heavy atom. The van der Waals surface area contributed by atoms with E-state index in [0.29, 0.717) is 24.9 Å². The molecule has 0 aromatic heterocycles. The van der Waals surface area contributed by atoms with E-state index in [1.54, 1.807) is 0 Å². The number of ketones is 1. The molecule has 1 aliphatic rings. The summed E-state index contributed by atoms with van der Waals surface area (Å²) in [5, 5.41) is 0. The number of hydrogen-bond acceptors (Lipinski definition) is 3. The first-order valence-corrected chi connectivity index (χ1v) is 11.2. The quantitative estimate of drug-likeness (QED) is 0.225. The molecule has 0 N–H and O–H groups in total. The third-order valence-electron chi connectivity index (χ3n) is 6.43. The lowest BCUT2D eigenvalue weighted by atomic mass is 9.62. The van der Waals surface area contributed by atoms with Crippen molar-refractivity contribution in [3.8, 4) is 0 Å². The van der Waals surface area contributed by atoms with Crippen molar-refractivity contribution in [2.75, 3.05) is 13.2 Å². The van der Waals surface area contributed by atoms with Crippen LogP contribution in [0.25, 0.3) is 0 Å². The largest absolute Gasteiger partial charge is 0.350 e. The van der Waals surface area contributed by atoms with Crippen molar-refractivity contribution in [3.63, 3.8) is 0 Å². The Morgan fingerprint density at radius 3 is 2.00 bits per heavy atom. The fourth-order valence-electron chi connectivity index (χ4n) is 4.56. The number of Topliss-reactive ketones (excluding diaryl/α,β-unsaturated/α-hetero) is 1. The molecular formula is C23H44O3. The molecule has 3 nitrogen and oxygen atoms in total. The molecule has 0 amide bonds. The maximum atomic E-state index is 11.6. The first kappa shape index (κ1) is 23.6. The Balaban J connectivity index is 2.62. The number of carbonyl (C=O) groups is 1. The summed E-state index contributed by atoms with van der Waals surface area (Å²) in [6.45, 7) is 12.1. The standard InChI is InChI=1S/C23H44O3/c1-6-10-11-12-13-14-15-20(22(5,25-8-3)26-9-4)16-17-23(7-2)18-21(24)19-23/h20H,6-19H2,1-5H3. The van der Waals surface area contributed by atoms with Crippen molar-refractivity contribution in [1.29, 1.82) is 0 Å². The van der Waals surface area contributed by atoms with E-state index in [4.69, 9.17) is 9.47 Å². The number of hydrogen-bond donors (Lipinski definition) is 0. The number of carbonyl (C=O) groups excluding carboxylic acids is 1. The van der Waals surface area contributed by atoms with E-state index in [9.17, 15) is 4.79 Å². The highest BCUT2D eigenvalue weighted by Gasteiger charge is 2.43. The van der Waals surface area contributed by atoms with Crippen LogP contribution in [0.2, 0.25) is 0 Å². The monoisotopic (exact) mass is 368 g/mol. The summed E-state index contributed by atoms with van der Waals surface area (Å²) < 4.78 is 12.2. The third kappa shape index (κ3) is 7.31. The van der Waals surface area contributed by atoms with Crippen molar-refractivity contribution in [2.45, 2.75) is 117 Å². The molecule has 0 radical (unpaired) electrons. The Morgan fingerprint density at radius 1 is 0.923 bits per heavy atom. The van der Waals surface area contributed by atoms with Gasteiger partial charge in [-0.2, -0.15) is 0 Å². The molecule has 1 fully saturated rings. The zero-order valence-electron chi connectivity index (χ0n) is 18.2. The molecule has 0 aromatic rings. The average molecular weight is 369 g/mol. The fourth-order valence-corrected chi connectivity index (χ4v) is 4.56. The highest BCUT2D eigenvalue weighted by atomic mass is 16.7. The first-order valence-electron chi connectivity index (χ1n) is 11.2. The molecular weight excluding hydrogens is 324 g/mol. The number of rotatable bonds is 16. The Hall–Kier alpha value is -0.410. The molecule has 1 atom stereocenters. The molecule has 1 rings (SSSR count). The predicted molar refractivity (Wildman–Crippen MR) is 109 cm³/mol. The highest BCUT2D eigenvalue weighted by molar-refractivity contribution is 5.86. The van der Waals surface area contributed by atoms with Gasteiger partial charge < -0.3 is 9.47 Å². The smallest absolute Gasteiger partial charge is 0.168 e. The van der Waals surface area contributed by atoms with Crippen molar-refractivity contribution in [3.05, 3.63) is 0 Å². The van der Waals surface area contributed by atoms with Gasteiger partial charge in [0.05, 0.1) is 0 Å². The SMILES string of the molecule is CCCCCCCCC(CCC1(CC)CC(=O)C1)C(C)(OCC)OCC. The van der Waals surface area contributed by atoms with Crippen molar-refractivity contribution >= 4 is 5.78 Å². The topological polar surface area (TPSA) is 35.5 Å². The Bertz CT molecular complexity index is 377. The molecule has 154 valence electrons. The molecule has 3 heteroatoms. The van der Waals surface area contributed by atoms with Crippen LogP contribution in [0.5, 0.6) is 0 Å². The minimum atomic E-state index is -0.490. The van der Waals surface area contributed by atoms with Gasteiger partial charge in [0.25, 0.3) is 0 Å². The van der Waals surface area contributed by atoms with Crippen LogP contribution in [0.3, 0.4) is 0 Å². The summed E-state index contributed by atoms with van der Waals surface area (Å²) in [7, 11) is 0. The molecule has 1 unspecified atom stereocenters. The lowest BCUT2D eigenvalue weighted by Crippen LogP contribution is -2.43. The summed E-state index contributed by atoms with van der Waals surface area (Å²) in [5.74, 6) is 0.361. The minimum Gasteiger partial charge on any atom is -0.350 e. The summed E-state index contributed by atoms with van der Waals surface area (Å²) in [4.78, 5) is 11.6. The van der Waals surface area contributed by atoms with Gasteiger partial charge in [-0.15, -0.1) is 0 Å². The van der Waals surface area contributed by atoms with Crippen LogP contribution >= 0.6 is 0 Å². The van der Waals surface area contributed by atoms with E-state index < -0.39 is 5.79 Å². The van der Waals surface area contributed by atoms with E-state index in [2.05, 4.69) is 34.6 Å². The summed E-state index contributed by atoms with van der Waals surface area (Å²) in [6.07, 6.45) is 14.0. The van der Waals surface area contributed by atoms with E-state index in [1.807, 2.05) is 0 Å². The van der Waals surface area contributed by atoms with Gasteiger partial charge in [-0.1, -0.05) is 52.4 Å². The van der Waals surface area contributed by atoms with Crippen LogP contribution in [0.4, 0.5) is 0 Å². The van der Waals surface area contributed by atoms with E-state index in [0.717, 1.165) is 38.5 Å². The number of ether oxygens (including phenoxy) is 2. The van der Waals surface area contributed by atoms with Gasteiger partial charge in [-0.05, 0) is 51.9 Å². The van der Waals surface area contributed by atoms with Gasteiger partial charge in [0.1, 0.15) is 5.78 Å². The van der Waals surface area contributed by atoms with Gasteiger partial charge in [0.15, 0.2) is 5.79 Å². The van der Waals surface area contributed by atoms with Crippen LogP contribution in [0, 0.1) is 11.3 Å². The zero-order valence-corrected chi connectivity index (χ0v) is 18.2. The zero-order chi connectivity index (χ0) is 19.5. The van der Waals surface area contributed by atoms with Crippen molar-refractivity contribution in [2.24, 2.45) is 11.3 Å². The third-order valence-corrected chi connectivity index (χ3v) is 6.43. The van der Waals surface area contributed by atoms with Gasteiger partial charge in [0, 0.05) is 32.0 Å². The lowest BCUT2D eigenvalue weighted by Gasteiger charge is -2.43. The van der Waals surface area contributed by atoms with Crippen LogP contribution in [-0.2, 0) is 14.3 Å². The summed E-state index contributed by atoms with van der Waals surface area (Å²) in [6, 6.07) is 0. The Kier molecular flexibility index (Phi) is 11.0. The first-order chi connectivity index (χ1) is 12.4. The second-order valence-corrected chi connectivity index (χ2v) is 8.42. The van der Waals surface area contributed by atoms with Gasteiger partial charge in [0.2, 0.25) is 0 Å². The van der Waals surface area contributed by atoms with Crippen LogP contribution < -0.4 is 0 Å². The van der Waals surface area contributed by atoms with Crippen LogP contribution in [-0.4, -0.2) is 24.8 Å². The van der Waals surface area contributed by atoms with Gasteiger partial charge >= 0.3 is 0 Å². The van der Waals surface area contributed by atoms with E-state index in [-0.39, 0.29) is 5.41 Å². The Labute approximate surface area is 162 Å². The molecule has 26 heavy (non-hydrogen) atoms. The van der Waals surface area contributed by atoms with Gasteiger partial charge in [-0.25, -0.2) is 0 Å². The summed E-state index contributed by atoms with van der Waals surface area (Å²) >= 11 is 0. The maximum absolute atomic E-state index is 11.6. The normalized spacial score (nSPS) is 18.0. The second kappa shape index (κ2) is 12.1. The molecule has 0 aliphatic heterocycles. The van der Waals surface area contributed by atoms with Crippen molar-refractivity contribution < 1.29 is 14.3 Å². The van der Waals surface area contributed by atoms with E-state index in [1.165, 1.54) is 38.5 Å². The molecule has 0 heterocycles. The molecule has 1 saturated carbocycles. The maximum Gasteiger partial charge on any atom is 0.168 e. The molecule has 0 saturated heterocycles. The molecule has 0 spiro atoms. The van der Waals surface area contributed by atoms with Gasteiger partial charge in [-0.3, -0.25) is 4.79 Å². The minimum absolute atomic E-state index is 0.260. The molecule has 1 aliphatic carbocycles. The summed E-state index contributed by atoms with van der Waals surface area (Å²) in [5.41, 5.74) is 0.260. The predicted octanol–water partition coefficient (Wildman–Crippen LogP) is 6.68. The fraction of sp³-hybridized carbons (Fsp3) is 0.957. The average Bonchev–Trinajstić information content (AvgIpc) is 2.58. The number of unbranched alkanes of at least 4 members (excludes halogenated alkanes) is 5. The molecule has 0 aromatic carbocycles. The van der Waals surface area contributed by atoms with Crippen LogP contribution in [0.1, 0.15) is 112 Å². The second-order valence-electron chi connectivity index (χ2n) is 8.42. The van der Waals surface area contributed by atoms with Crippen LogP contribution in [0.15, 0.2) is 0 Å². The molecule has 0 bridgehead atoms. The van der Waals surface area contributed by atoms with E-state index >= 15 is 0 Å². The lowest BCUT2D eigenvalue weighted by molar-refractivity contribution is -0.255. The highest BCUT2D eigenvalue weighted by Crippen LogP contribution is 2.47.